The predicted octanol–water partition coefficient (Wildman–Crippen LogP) is 4.20. The first-order chi connectivity index (χ1) is 10.0. The molecule has 2 heteroatoms. The average Bonchev–Trinajstić information content (AvgIpc) is 2.46. The molecule has 21 heavy (non-hydrogen) atoms. The lowest BCUT2D eigenvalue weighted by Gasteiger charge is -2.34. The smallest absolute Gasteiger partial charge is 0.0233 e. The van der Waals surface area contributed by atoms with Gasteiger partial charge in [-0.3, -0.25) is 4.90 Å². The lowest BCUT2D eigenvalue weighted by atomic mass is 9.86. The Hall–Kier alpha value is -0.860. The summed E-state index contributed by atoms with van der Waals surface area (Å²) in [6, 6.07) is 10.4. The minimum absolute atomic E-state index is 0.545. The highest BCUT2D eigenvalue weighted by Crippen LogP contribution is 2.27. The van der Waals surface area contributed by atoms with Gasteiger partial charge in [-0.1, -0.05) is 57.9 Å². The standard InChI is InChI=1S/C19H32N2/c1-15(2)20-13-17-8-10-18(11-9-17)14-21(4)19-7-5-6-16(3)12-19/h8-11,15-16,19-20H,5-7,12-14H2,1-4H3. The number of benzene rings is 1. The van der Waals surface area contributed by atoms with E-state index >= 15 is 0 Å². The summed E-state index contributed by atoms with van der Waals surface area (Å²) in [6.07, 6.45) is 5.56. The number of nitrogens with zero attached hydrogens (tertiary/aromatic N) is 1. The predicted molar refractivity (Wildman–Crippen MR) is 91.3 cm³/mol. The van der Waals surface area contributed by atoms with Crippen LogP contribution in [0.15, 0.2) is 24.3 Å². The van der Waals surface area contributed by atoms with E-state index in [1.165, 1.54) is 36.8 Å². The topological polar surface area (TPSA) is 15.3 Å². The van der Waals surface area contributed by atoms with Crippen molar-refractivity contribution in [2.45, 2.75) is 71.6 Å². The molecule has 1 aromatic carbocycles. The second kappa shape index (κ2) is 7.95. The first-order valence-electron chi connectivity index (χ1n) is 8.56. The molecule has 2 rings (SSSR count). The Morgan fingerprint density at radius 1 is 1.14 bits per heavy atom. The summed E-state index contributed by atoms with van der Waals surface area (Å²) in [5.74, 6) is 0.899. The molecule has 2 unspecified atom stereocenters. The maximum absolute atomic E-state index is 3.47. The molecular weight excluding hydrogens is 256 g/mol. The van der Waals surface area contributed by atoms with Crippen LogP contribution in [0.3, 0.4) is 0 Å². The fourth-order valence-corrected chi connectivity index (χ4v) is 3.30. The molecule has 1 aromatic rings. The van der Waals surface area contributed by atoms with E-state index in [9.17, 15) is 0 Å². The molecule has 1 saturated carbocycles. The molecule has 0 aliphatic heterocycles. The molecule has 0 spiro atoms. The summed E-state index contributed by atoms with van der Waals surface area (Å²) in [4.78, 5) is 2.55. The zero-order valence-electron chi connectivity index (χ0n) is 14.2. The monoisotopic (exact) mass is 288 g/mol. The van der Waals surface area contributed by atoms with Crippen LogP contribution in [-0.2, 0) is 13.1 Å². The molecule has 118 valence electrons. The highest BCUT2D eigenvalue weighted by atomic mass is 15.1. The van der Waals surface area contributed by atoms with Gasteiger partial charge in [0.25, 0.3) is 0 Å². The quantitative estimate of drug-likeness (QED) is 0.844. The molecule has 2 nitrogen and oxygen atoms in total. The van der Waals surface area contributed by atoms with Crippen LogP contribution in [0.4, 0.5) is 0 Å². The fourth-order valence-electron chi connectivity index (χ4n) is 3.30. The van der Waals surface area contributed by atoms with Gasteiger partial charge in [0.15, 0.2) is 0 Å². The second-order valence-electron chi connectivity index (χ2n) is 7.19. The Labute approximate surface area is 130 Å². The molecule has 1 N–H and O–H groups in total. The van der Waals surface area contributed by atoms with Gasteiger partial charge >= 0.3 is 0 Å². The van der Waals surface area contributed by atoms with Gasteiger partial charge in [-0.05, 0) is 36.9 Å². The van der Waals surface area contributed by atoms with Gasteiger partial charge in [-0.2, -0.15) is 0 Å². The van der Waals surface area contributed by atoms with Crippen molar-refractivity contribution in [3.05, 3.63) is 35.4 Å². The third kappa shape index (κ3) is 5.44. The van der Waals surface area contributed by atoms with Gasteiger partial charge in [0.1, 0.15) is 0 Å². The van der Waals surface area contributed by atoms with Gasteiger partial charge in [-0.15, -0.1) is 0 Å². The Morgan fingerprint density at radius 2 is 1.81 bits per heavy atom. The maximum atomic E-state index is 3.47. The van der Waals surface area contributed by atoms with E-state index in [0.29, 0.717) is 6.04 Å². The molecule has 0 radical (unpaired) electrons. The van der Waals surface area contributed by atoms with Crippen molar-refractivity contribution in [3.8, 4) is 0 Å². The highest BCUT2D eigenvalue weighted by molar-refractivity contribution is 5.22. The van der Waals surface area contributed by atoms with E-state index in [2.05, 4.69) is 62.3 Å². The van der Waals surface area contributed by atoms with Crippen LogP contribution in [0.5, 0.6) is 0 Å². The van der Waals surface area contributed by atoms with Crippen molar-refractivity contribution >= 4 is 0 Å². The zero-order valence-corrected chi connectivity index (χ0v) is 14.2. The molecular formula is C19H32N2. The van der Waals surface area contributed by atoms with Crippen molar-refractivity contribution in [3.63, 3.8) is 0 Å². The number of rotatable bonds is 6. The summed E-state index contributed by atoms with van der Waals surface area (Å²) in [7, 11) is 2.29. The van der Waals surface area contributed by atoms with E-state index < -0.39 is 0 Å². The van der Waals surface area contributed by atoms with Crippen LogP contribution < -0.4 is 5.32 Å². The van der Waals surface area contributed by atoms with E-state index in [4.69, 9.17) is 0 Å². The minimum Gasteiger partial charge on any atom is -0.310 e. The molecule has 1 aliphatic rings. The van der Waals surface area contributed by atoms with Crippen molar-refractivity contribution in [1.29, 1.82) is 0 Å². The third-order valence-electron chi connectivity index (χ3n) is 4.70. The van der Waals surface area contributed by atoms with Crippen LogP contribution >= 0.6 is 0 Å². The number of nitrogens with one attached hydrogen (secondary N) is 1. The van der Waals surface area contributed by atoms with E-state index in [1.807, 2.05) is 0 Å². The normalized spacial score (nSPS) is 23.0. The first kappa shape index (κ1) is 16.5. The maximum Gasteiger partial charge on any atom is 0.0233 e. The van der Waals surface area contributed by atoms with Crippen molar-refractivity contribution in [2.75, 3.05) is 7.05 Å². The molecule has 1 fully saturated rings. The number of hydrogen-bond donors (Lipinski definition) is 1. The summed E-state index contributed by atoms with van der Waals surface area (Å²) >= 11 is 0. The van der Waals surface area contributed by atoms with Crippen molar-refractivity contribution in [1.82, 2.24) is 10.2 Å². The lowest BCUT2D eigenvalue weighted by Crippen LogP contribution is -2.35. The van der Waals surface area contributed by atoms with E-state index in [1.54, 1.807) is 0 Å². The van der Waals surface area contributed by atoms with Gasteiger partial charge in [0.2, 0.25) is 0 Å². The summed E-state index contributed by atoms with van der Waals surface area (Å²) in [5, 5.41) is 3.47. The van der Waals surface area contributed by atoms with Crippen LogP contribution in [0.1, 0.15) is 57.6 Å². The minimum atomic E-state index is 0.545. The van der Waals surface area contributed by atoms with Crippen LogP contribution in [0.25, 0.3) is 0 Å². The molecule has 2 atom stereocenters. The van der Waals surface area contributed by atoms with Gasteiger partial charge in [-0.25, -0.2) is 0 Å². The van der Waals surface area contributed by atoms with Gasteiger partial charge in [0.05, 0.1) is 0 Å². The van der Waals surface area contributed by atoms with Crippen LogP contribution in [-0.4, -0.2) is 24.0 Å². The average molecular weight is 288 g/mol. The third-order valence-corrected chi connectivity index (χ3v) is 4.70. The Bertz CT molecular complexity index is 410. The molecule has 0 bridgehead atoms. The van der Waals surface area contributed by atoms with Crippen molar-refractivity contribution in [2.24, 2.45) is 5.92 Å². The largest absolute Gasteiger partial charge is 0.310 e. The Morgan fingerprint density at radius 3 is 2.43 bits per heavy atom. The Kier molecular flexibility index (Phi) is 6.25. The molecule has 0 amide bonds. The summed E-state index contributed by atoms with van der Waals surface area (Å²) in [5.41, 5.74) is 2.81. The van der Waals surface area contributed by atoms with Crippen LogP contribution in [0, 0.1) is 5.92 Å². The molecule has 1 aliphatic carbocycles. The van der Waals surface area contributed by atoms with E-state index in [0.717, 1.165) is 25.0 Å². The lowest BCUT2D eigenvalue weighted by molar-refractivity contribution is 0.157. The SMILES string of the molecule is CC1CCCC(N(C)Cc2ccc(CNC(C)C)cc2)C1. The van der Waals surface area contributed by atoms with Crippen LogP contribution in [0.2, 0.25) is 0 Å². The zero-order chi connectivity index (χ0) is 15.2. The first-order valence-corrected chi connectivity index (χ1v) is 8.56. The van der Waals surface area contributed by atoms with E-state index in [-0.39, 0.29) is 0 Å². The highest BCUT2D eigenvalue weighted by Gasteiger charge is 2.22. The Balaban J connectivity index is 1.84. The summed E-state index contributed by atoms with van der Waals surface area (Å²) in [6.45, 7) is 8.82. The number of hydrogen-bond acceptors (Lipinski definition) is 2. The van der Waals surface area contributed by atoms with Gasteiger partial charge < -0.3 is 5.32 Å². The molecule has 0 aromatic heterocycles. The summed E-state index contributed by atoms with van der Waals surface area (Å²) < 4.78 is 0. The van der Waals surface area contributed by atoms with Crippen molar-refractivity contribution < 1.29 is 0 Å². The van der Waals surface area contributed by atoms with Gasteiger partial charge in [0, 0.05) is 25.2 Å². The molecule has 0 heterocycles. The second-order valence-corrected chi connectivity index (χ2v) is 7.19. The fraction of sp³-hybridized carbons (Fsp3) is 0.684. The molecule has 0 saturated heterocycles.